The Bertz CT molecular complexity index is 755. The summed E-state index contributed by atoms with van der Waals surface area (Å²) in [6.07, 6.45) is -4.19. The number of ether oxygens (including phenoxy) is 1. The normalized spacial score (nSPS) is 11.4. The largest absolute Gasteiger partial charge is 0.465 e. The van der Waals surface area contributed by atoms with E-state index < -0.39 is 23.3 Å². The van der Waals surface area contributed by atoms with Crippen LogP contribution in [0.1, 0.15) is 15.9 Å². The van der Waals surface area contributed by atoms with Crippen LogP contribution < -0.4 is 0 Å². The monoisotopic (exact) mass is 383 g/mol. The first-order valence-electron chi connectivity index (χ1n) is 5.95. The predicted molar refractivity (Wildman–Crippen MR) is 81.0 cm³/mol. The average molecular weight is 385 g/mol. The van der Waals surface area contributed by atoms with Crippen LogP contribution in [0, 0.1) is 0 Å². The number of carbonyl (C=O) groups is 1. The van der Waals surface area contributed by atoms with Crippen molar-refractivity contribution < 1.29 is 22.7 Å². The van der Waals surface area contributed by atoms with Crippen LogP contribution in [0.15, 0.2) is 24.4 Å². The summed E-state index contributed by atoms with van der Waals surface area (Å²) in [5, 5.41) is 0.322. The lowest BCUT2D eigenvalue weighted by atomic mass is 10.0. The van der Waals surface area contributed by atoms with Crippen molar-refractivity contribution in [3.63, 3.8) is 0 Å². The minimum absolute atomic E-state index is 0.0684. The smallest absolute Gasteiger partial charge is 0.418 e. The molecule has 0 radical (unpaired) electrons. The first kappa shape index (κ1) is 17.8. The fraction of sp³-hybridized carbons (Fsp3) is 0.143. The Balaban J connectivity index is 2.64. The maximum absolute atomic E-state index is 13.0. The van der Waals surface area contributed by atoms with Crippen molar-refractivity contribution in [3.8, 4) is 11.3 Å². The first-order chi connectivity index (χ1) is 10.6. The Labute approximate surface area is 143 Å². The molecule has 0 aliphatic carbocycles. The molecule has 3 nitrogen and oxygen atoms in total. The highest BCUT2D eigenvalue weighted by Crippen LogP contribution is 2.37. The van der Waals surface area contributed by atoms with Crippen molar-refractivity contribution in [2.45, 2.75) is 6.18 Å². The minimum atomic E-state index is -4.75. The molecule has 122 valence electrons. The van der Waals surface area contributed by atoms with Gasteiger partial charge in [-0.05, 0) is 18.2 Å². The van der Waals surface area contributed by atoms with Crippen molar-refractivity contribution in [1.82, 2.24) is 4.98 Å². The van der Waals surface area contributed by atoms with Crippen LogP contribution in [0.4, 0.5) is 13.2 Å². The molecule has 0 saturated heterocycles. The van der Waals surface area contributed by atoms with Crippen LogP contribution in [0.3, 0.4) is 0 Å². The predicted octanol–water partition coefficient (Wildman–Crippen LogP) is 5.51. The molecule has 0 amide bonds. The lowest BCUT2D eigenvalue weighted by Crippen LogP contribution is -2.15. The van der Waals surface area contributed by atoms with Gasteiger partial charge in [0.2, 0.25) is 0 Å². The van der Waals surface area contributed by atoms with Gasteiger partial charge in [-0.15, -0.1) is 0 Å². The number of hydrogen-bond acceptors (Lipinski definition) is 3. The third-order valence-electron chi connectivity index (χ3n) is 2.89. The standard InChI is InChI=1S/C14H7Cl3F3NO2/c1-23-13(22)7-4-11(21-5-8(7)14(18,19)20)6-2-9(15)12(17)10(16)3-6/h2-5H,1H3. The zero-order valence-corrected chi connectivity index (χ0v) is 13.6. The van der Waals surface area contributed by atoms with Gasteiger partial charge in [0.15, 0.2) is 0 Å². The highest BCUT2D eigenvalue weighted by atomic mass is 35.5. The summed E-state index contributed by atoms with van der Waals surface area (Å²) >= 11 is 17.6. The van der Waals surface area contributed by atoms with Crippen molar-refractivity contribution in [1.29, 1.82) is 0 Å². The molecule has 0 aliphatic rings. The molecule has 0 aliphatic heterocycles. The molecular weight excluding hydrogens is 378 g/mol. The second kappa shape index (κ2) is 6.55. The van der Waals surface area contributed by atoms with Gasteiger partial charge >= 0.3 is 12.1 Å². The summed E-state index contributed by atoms with van der Waals surface area (Å²) in [7, 11) is 0.985. The number of alkyl halides is 3. The number of halogens is 6. The van der Waals surface area contributed by atoms with E-state index in [1.165, 1.54) is 12.1 Å². The quantitative estimate of drug-likeness (QED) is 0.506. The van der Waals surface area contributed by atoms with Gasteiger partial charge in [-0.1, -0.05) is 34.8 Å². The fourth-order valence-electron chi connectivity index (χ4n) is 1.82. The Morgan fingerprint density at radius 1 is 1.13 bits per heavy atom. The summed E-state index contributed by atoms with van der Waals surface area (Å²) in [4.78, 5) is 15.3. The molecule has 0 spiro atoms. The molecule has 0 fully saturated rings. The van der Waals surface area contributed by atoms with E-state index in [0.717, 1.165) is 13.2 Å². The Morgan fingerprint density at radius 2 is 1.70 bits per heavy atom. The van der Waals surface area contributed by atoms with Crippen LogP contribution in [0.25, 0.3) is 11.3 Å². The second-order valence-corrected chi connectivity index (χ2v) is 5.55. The number of hydrogen-bond donors (Lipinski definition) is 0. The van der Waals surface area contributed by atoms with Gasteiger partial charge in [0, 0.05) is 11.8 Å². The SMILES string of the molecule is COC(=O)c1cc(-c2cc(Cl)c(Cl)c(Cl)c2)ncc1C(F)(F)F. The lowest BCUT2D eigenvalue weighted by Gasteiger charge is -2.13. The Morgan fingerprint density at radius 3 is 2.17 bits per heavy atom. The summed E-state index contributed by atoms with van der Waals surface area (Å²) in [5.74, 6) is -1.13. The molecule has 2 rings (SSSR count). The first-order valence-corrected chi connectivity index (χ1v) is 7.09. The average Bonchev–Trinajstić information content (AvgIpc) is 2.49. The number of aromatic nitrogens is 1. The van der Waals surface area contributed by atoms with E-state index in [1.54, 1.807) is 0 Å². The summed E-state index contributed by atoms with van der Waals surface area (Å²) in [6, 6.07) is 3.73. The number of benzene rings is 1. The zero-order chi connectivity index (χ0) is 17.4. The molecule has 9 heteroatoms. The van der Waals surface area contributed by atoms with E-state index in [0.29, 0.717) is 11.8 Å². The van der Waals surface area contributed by atoms with Crippen molar-refractivity contribution >= 4 is 40.8 Å². The third kappa shape index (κ3) is 3.71. The fourth-order valence-corrected chi connectivity index (χ4v) is 2.42. The highest BCUT2D eigenvalue weighted by Gasteiger charge is 2.36. The Hall–Kier alpha value is -1.50. The molecule has 1 aromatic carbocycles. The number of rotatable bonds is 2. The number of carbonyl (C=O) groups excluding carboxylic acids is 1. The van der Waals surface area contributed by atoms with Gasteiger partial charge in [-0.3, -0.25) is 4.98 Å². The van der Waals surface area contributed by atoms with Gasteiger partial charge in [0.25, 0.3) is 0 Å². The molecule has 0 saturated carbocycles. The molecule has 0 unspecified atom stereocenters. The molecule has 2 aromatic rings. The van der Waals surface area contributed by atoms with E-state index in [4.69, 9.17) is 34.8 Å². The van der Waals surface area contributed by atoms with E-state index >= 15 is 0 Å². The minimum Gasteiger partial charge on any atom is -0.465 e. The second-order valence-electron chi connectivity index (χ2n) is 4.36. The maximum Gasteiger partial charge on any atom is 0.418 e. The number of esters is 1. The van der Waals surface area contributed by atoms with Gasteiger partial charge in [0.1, 0.15) is 0 Å². The van der Waals surface area contributed by atoms with Gasteiger partial charge in [-0.25, -0.2) is 4.79 Å². The van der Waals surface area contributed by atoms with Crippen LogP contribution in [-0.4, -0.2) is 18.1 Å². The number of pyridine rings is 1. The van der Waals surface area contributed by atoms with E-state index in [-0.39, 0.29) is 20.8 Å². The van der Waals surface area contributed by atoms with Crippen LogP contribution >= 0.6 is 34.8 Å². The maximum atomic E-state index is 13.0. The summed E-state index contributed by atoms with van der Waals surface area (Å²) in [5.41, 5.74) is -1.48. The molecular formula is C14H7Cl3F3NO2. The third-order valence-corrected chi connectivity index (χ3v) is 4.09. The Kier molecular flexibility index (Phi) is 5.08. The lowest BCUT2D eigenvalue weighted by molar-refractivity contribution is -0.138. The topological polar surface area (TPSA) is 39.2 Å². The van der Waals surface area contributed by atoms with Crippen molar-refractivity contribution in [2.75, 3.05) is 7.11 Å². The molecule has 23 heavy (non-hydrogen) atoms. The van der Waals surface area contributed by atoms with Gasteiger partial charge < -0.3 is 4.74 Å². The molecule has 1 aromatic heterocycles. The van der Waals surface area contributed by atoms with E-state index in [1.807, 2.05) is 0 Å². The van der Waals surface area contributed by atoms with Gasteiger partial charge in [-0.2, -0.15) is 13.2 Å². The van der Waals surface area contributed by atoms with Crippen LogP contribution in [-0.2, 0) is 10.9 Å². The molecule has 0 N–H and O–H groups in total. The van der Waals surface area contributed by atoms with Crippen LogP contribution in [0.2, 0.25) is 15.1 Å². The molecule has 0 atom stereocenters. The molecule has 1 heterocycles. The number of methoxy groups -OCH3 is 1. The van der Waals surface area contributed by atoms with Gasteiger partial charge in [0.05, 0.1) is 39.0 Å². The zero-order valence-electron chi connectivity index (χ0n) is 11.3. The highest BCUT2D eigenvalue weighted by molar-refractivity contribution is 6.48. The number of nitrogens with zero attached hydrogens (tertiary/aromatic N) is 1. The molecule has 0 bridgehead atoms. The van der Waals surface area contributed by atoms with Crippen molar-refractivity contribution in [3.05, 3.63) is 50.6 Å². The van der Waals surface area contributed by atoms with Crippen LogP contribution in [0.5, 0.6) is 0 Å². The van der Waals surface area contributed by atoms with E-state index in [9.17, 15) is 18.0 Å². The van der Waals surface area contributed by atoms with Crippen molar-refractivity contribution in [2.24, 2.45) is 0 Å². The summed E-state index contributed by atoms with van der Waals surface area (Å²) < 4.78 is 43.2. The van der Waals surface area contributed by atoms with E-state index in [2.05, 4.69) is 9.72 Å². The summed E-state index contributed by atoms with van der Waals surface area (Å²) in [6.45, 7) is 0.